The van der Waals surface area contributed by atoms with Crippen molar-refractivity contribution in [3.05, 3.63) is 119 Å². The monoisotopic (exact) mass is 576 g/mol. The molecule has 6 heteroatoms. The van der Waals surface area contributed by atoms with Gasteiger partial charge in [0.1, 0.15) is 11.6 Å². The molecule has 1 fully saturated rings. The number of aromatic nitrogens is 2. The number of rotatable bonds is 9. The number of imidazole rings is 1. The predicted molar refractivity (Wildman–Crippen MR) is 170 cm³/mol. The molecule has 1 saturated heterocycles. The van der Waals surface area contributed by atoms with Gasteiger partial charge in [-0.3, -0.25) is 4.79 Å². The Kier molecular flexibility index (Phi) is 8.22. The maximum Gasteiger partial charge on any atom is 0.163 e. The lowest BCUT2D eigenvalue weighted by Crippen LogP contribution is -2.19. The molecule has 0 saturated carbocycles. The van der Waals surface area contributed by atoms with E-state index in [1.54, 1.807) is 6.07 Å². The number of aromatic amines is 1. The van der Waals surface area contributed by atoms with Gasteiger partial charge >= 0.3 is 0 Å². The van der Waals surface area contributed by atoms with Crippen molar-refractivity contribution >= 4 is 34.2 Å². The van der Waals surface area contributed by atoms with Crippen molar-refractivity contribution in [3.63, 3.8) is 0 Å². The normalized spacial score (nSPS) is 14.6. The zero-order valence-electron chi connectivity index (χ0n) is 23.4. The van der Waals surface area contributed by atoms with Crippen molar-refractivity contribution in [3.8, 4) is 22.5 Å². The Morgan fingerprint density at radius 2 is 1.69 bits per heavy atom. The first-order chi connectivity index (χ1) is 20.5. The number of aliphatic hydroxyl groups excluding tert-OH is 1. The van der Waals surface area contributed by atoms with E-state index >= 15 is 0 Å². The zero-order chi connectivity index (χ0) is 29.1. The summed E-state index contributed by atoms with van der Waals surface area (Å²) in [5, 5.41) is 11.3. The van der Waals surface area contributed by atoms with E-state index in [1.807, 2.05) is 72.8 Å². The first kappa shape index (κ1) is 28.0. The number of carbonyl (C=O) groups excluding carboxylic acids is 1. The van der Waals surface area contributed by atoms with Crippen molar-refractivity contribution < 1.29 is 14.6 Å². The zero-order valence-corrected chi connectivity index (χ0v) is 24.1. The van der Waals surface area contributed by atoms with Gasteiger partial charge in [-0.05, 0) is 84.2 Å². The van der Waals surface area contributed by atoms with Crippen molar-refractivity contribution in [1.29, 1.82) is 0 Å². The van der Waals surface area contributed by atoms with Crippen molar-refractivity contribution in [2.75, 3.05) is 13.2 Å². The van der Waals surface area contributed by atoms with Crippen LogP contribution in [0.4, 0.5) is 0 Å². The molecule has 0 amide bonds. The number of aliphatic hydroxyl groups is 1. The van der Waals surface area contributed by atoms with Crippen LogP contribution >= 0.6 is 11.6 Å². The lowest BCUT2D eigenvalue weighted by molar-refractivity contribution is 0.0610. The van der Waals surface area contributed by atoms with Crippen molar-refractivity contribution in [2.24, 2.45) is 5.92 Å². The van der Waals surface area contributed by atoms with Gasteiger partial charge in [0.25, 0.3) is 0 Å². The molecule has 0 spiro atoms. The summed E-state index contributed by atoms with van der Waals surface area (Å²) in [5.41, 5.74) is 6.33. The lowest BCUT2D eigenvalue weighted by Gasteiger charge is -2.27. The minimum absolute atomic E-state index is 0.0357. The number of ether oxygens (including phenoxy) is 1. The quantitative estimate of drug-likeness (QED) is 0.135. The molecule has 2 heterocycles. The van der Waals surface area contributed by atoms with E-state index < -0.39 is 0 Å². The number of nitrogens with zero attached hydrogens (tertiary/aromatic N) is 1. The predicted octanol–water partition coefficient (Wildman–Crippen LogP) is 9.25. The van der Waals surface area contributed by atoms with Crippen LogP contribution in [0.15, 0.2) is 97.6 Å². The molecular weight excluding hydrogens is 544 g/mol. The van der Waals surface area contributed by atoms with Gasteiger partial charge in [0, 0.05) is 41.3 Å². The topological polar surface area (TPSA) is 75.2 Å². The molecule has 2 N–H and O–H groups in total. The van der Waals surface area contributed by atoms with E-state index in [0.717, 1.165) is 60.2 Å². The van der Waals surface area contributed by atoms with Gasteiger partial charge in [-0.25, -0.2) is 4.98 Å². The Morgan fingerprint density at radius 3 is 2.45 bits per heavy atom. The second-order valence-electron chi connectivity index (χ2n) is 11.0. The van der Waals surface area contributed by atoms with Gasteiger partial charge < -0.3 is 14.8 Å². The van der Waals surface area contributed by atoms with Crippen LogP contribution in [-0.2, 0) is 4.74 Å². The highest BCUT2D eigenvalue weighted by molar-refractivity contribution is 6.31. The highest BCUT2D eigenvalue weighted by atomic mass is 35.5. The molecule has 1 atom stereocenters. The third-order valence-electron chi connectivity index (χ3n) is 8.23. The Labute approximate surface area is 250 Å². The van der Waals surface area contributed by atoms with E-state index in [1.165, 1.54) is 5.56 Å². The number of benzene rings is 4. The maximum absolute atomic E-state index is 13.8. The third-order valence-corrected chi connectivity index (χ3v) is 8.47. The fraction of sp³-hybridized carbons (Fsp3) is 0.222. The van der Waals surface area contributed by atoms with Crippen LogP contribution < -0.4 is 0 Å². The standard InChI is InChI=1S/C36H33ClN2O3/c1-23(40)31-20-26(35(41)21-27(25-7-3-2-4-8-25)19-24-15-17-42-18-16-24)11-13-29(31)32-22-28(37)12-14-30(32)36-38-33-9-5-6-10-34(33)39-36/h2-14,20,22,24,27,40H,1,15-19,21H2,(H,38,39). The Balaban J connectivity index is 1.34. The van der Waals surface area contributed by atoms with Crippen LogP contribution in [-0.4, -0.2) is 34.1 Å². The van der Waals surface area contributed by atoms with Crippen LogP contribution in [0.25, 0.3) is 39.3 Å². The van der Waals surface area contributed by atoms with Crippen molar-refractivity contribution in [2.45, 2.75) is 31.6 Å². The fourth-order valence-corrected chi connectivity index (χ4v) is 6.18. The van der Waals surface area contributed by atoms with E-state index in [0.29, 0.717) is 34.3 Å². The molecule has 1 unspecified atom stereocenters. The van der Waals surface area contributed by atoms with Crippen LogP contribution in [0.1, 0.15) is 53.1 Å². The summed E-state index contributed by atoms with van der Waals surface area (Å²) in [5.74, 6) is 1.25. The molecule has 5 nitrogen and oxygen atoms in total. The Bertz CT molecular complexity index is 1700. The second kappa shape index (κ2) is 12.4. The lowest BCUT2D eigenvalue weighted by atomic mass is 9.81. The number of halogens is 1. The molecular formula is C36H33ClN2O3. The highest BCUT2D eigenvalue weighted by Gasteiger charge is 2.24. The molecule has 1 aliphatic rings. The van der Waals surface area contributed by atoms with Gasteiger partial charge in [0.15, 0.2) is 5.78 Å². The van der Waals surface area contributed by atoms with Crippen molar-refractivity contribution in [1.82, 2.24) is 9.97 Å². The Hall–Kier alpha value is -4.19. The smallest absolute Gasteiger partial charge is 0.163 e. The highest BCUT2D eigenvalue weighted by Crippen LogP contribution is 2.38. The molecule has 42 heavy (non-hydrogen) atoms. The SMILES string of the molecule is C=C(O)c1cc(C(=O)CC(CC2CCOCC2)c2ccccc2)ccc1-c1cc(Cl)ccc1-c1nc2ccccc2[nH]1. The number of para-hydroxylation sites is 2. The average molecular weight is 577 g/mol. The molecule has 1 aliphatic heterocycles. The van der Waals surface area contributed by atoms with Crippen LogP contribution in [0.5, 0.6) is 0 Å². The van der Waals surface area contributed by atoms with E-state index in [-0.39, 0.29) is 17.5 Å². The van der Waals surface area contributed by atoms with E-state index in [2.05, 4.69) is 23.7 Å². The summed E-state index contributed by atoms with van der Waals surface area (Å²) in [6, 6.07) is 29.2. The molecule has 0 aliphatic carbocycles. The molecule has 1 aromatic heterocycles. The number of carbonyl (C=O) groups is 1. The summed E-state index contributed by atoms with van der Waals surface area (Å²) in [4.78, 5) is 21.9. The number of ketones is 1. The number of H-pyrrole nitrogens is 1. The summed E-state index contributed by atoms with van der Waals surface area (Å²) >= 11 is 6.46. The summed E-state index contributed by atoms with van der Waals surface area (Å²) in [6.07, 6.45) is 3.38. The number of fused-ring (bicyclic) bond motifs is 1. The summed E-state index contributed by atoms with van der Waals surface area (Å²) < 4.78 is 5.57. The minimum atomic E-state index is -0.114. The maximum atomic E-state index is 13.8. The largest absolute Gasteiger partial charge is 0.508 e. The molecule has 4 aromatic carbocycles. The van der Waals surface area contributed by atoms with Gasteiger partial charge in [-0.15, -0.1) is 0 Å². The van der Waals surface area contributed by atoms with E-state index in [4.69, 9.17) is 21.3 Å². The van der Waals surface area contributed by atoms with Crippen LogP contribution in [0.3, 0.4) is 0 Å². The Morgan fingerprint density at radius 1 is 0.952 bits per heavy atom. The van der Waals surface area contributed by atoms with Gasteiger partial charge in [-0.2, -0.15) is 0 Å². The van der Waals surface area contributed by atoms with Crippen LogP contribution in [0.2, 0.25) is 5.02 Å². The van der Waals surface area contributed by atoms with Gasteiger partial charge in [-0.1, -0.05) is 72.8 Å². The van der Waals surface area contributed by atoms with Crippen LogP contribution in [0, 0.1) is 5.92 Å². The molecule has 6 rings (SSSR count). The van der Waals surface area contributed by atoms with Gasteiger partial charge in [0.2, 0.25) is 0 Å². The second-order valence-corrected chi connectivity index (χ2v) is 11.5. The first-order valence-electron chi connectivity index (χ1n) is 14.4. The first-order valence-corrected chi connectivity index (χ1v) is 14.8. The average Bonchev–Trinajstić information content (AvgIpc) is 3.45. The molecule has 212 valence electrons. The molecule has 0 radical (unpaired) electrons. The molecule has 5 aromatic rings. The summed E-state index contributed by atoms with van der Waals surface area (Å²) in [6.45, 7) is 5.40. The molecule has 0 bridgehead atoms. The third kappa shape index (κ3) is 6.03. The number of Topliss-reactive ketones (excluding diaryl/α,β-unsaturated/α-hetero) is 1. The summed E-state index contributed by atoms with van der Waals surface area (Å²) in [7, 11) is 0. The van der Waals surface area contributed by atoms with Gasteiger partial charge in [0.05, 0.1) is 11.0 Å². The minimum Gasteiger partial charge on any atom is -0.508 e. The fourth-order valence-electron chi connectivity index (χ4n) is 6.01. The van der Waals surface area contributed by atoms with E-state index in [9.17, 15) is 9.90 Å². The number of hydrogen-bond acceptors (Lipinski definition) is 4. The number of nitrogens with one attached hydrogen (secondary N) is 1. The number of hydrogen-bond donors (Lipinski definition) is 2.